The molecule has 0 bridgehead atoms. The Bertz CT molecular complexity index is 380. The van der Waals surface area contributed by atoms with E-state index >= 15 is 0 Å². The molecule has 0 aliphatic heterocycles. The van der Waals surface area contributed by atoms with Crippen molar-refractivity contribution in [2.45, 2.75) is 31.6 Å². The lowest BCUT2D eigenvalue weighted by Gasteiger charge is -2.14. The van der Waals surface area contributed by atoms with E-state index in [4.69, 9.17) is 11.0 Å². The highest BCUT2D eigenvalue weighted by Gasteiger charge is 2.15. The summed E-state index contributed by atoms with van der Waals surface area (Å²) >= 11 is 1.80. The van der Waals surface area contributed by atoms with Gasteiger partial charge in [-0.1, -0.05) is 6.07 Å². The second kappa shape index (κ2) is 5.81. The number of anilines is 1. The molecule has 1 aromatic rings. The van der Waals surface area contributed by atoms with Crippen LogP contribution in [0.2, 0.25) is 0 Å². The van der Waals surface area contributed by atoms with E-state index in [-0.39, 0.29) is 5.41 Å². The van der Waals surface area contributed by atoms with Crippen molar-refractivity contribution >= 4 is 17.4 Å². The van der Waals surface area contributed by atoms with E-state index < -0.39 is 0 Å². The maximum Gasteiger partial charge on any atom is 0.0683 e. The lowest BCUT2D eigenvalue weighted by atomic mass is 9.90. The van der Waals surface area contributed by atoms with E-state index in [2.05, 4.69) is 12.1 Å². The van der Waals surface area contributed by atoms with Crippen molar-refractivity contribution in [3.05, 3.63) is 24.3 Å². The topological polar surface area (TPSA) is 49.8 Å². The van der Waals surface area contributed by atoms with E-state index in [1.54, 1.807) is 11.8 Å². The number of hydrogen-bond donors (Lipinski definition) is 1. The molecule has 0 amide bonds. The highest BCUT2D eigenvalue weighted by molar-refractivity contribution is 7.99. The molecule has 0 atom stereocenters. The van der Waals surface area contributed by atoms with Crippen LogP contribution in [0.5, 0.6) is 0 Å². The minimum absolute atomic E-state index is 0.198. The van der Waals surface area contributed by atoms with Crippen LogP contribution in [0, 0.1) is 16.7 Å². The standard InChI is InChI=1S/C13H18N2S/c1-13(2,10-14)7-4-8-16-12-6-3-5-11(15)9-12/h3,5-6,9H,4,7-8,15H2,1-2H3. The van der Waals surface area contributed by atoms with E-state index in [1.165, 1.54) is 4.90 Å². The van der Waals surface area contributed by atoms with Crippen LogP contribution >= 0.6 is 11.8 Å². The largest absolute Gasteiger partial charge is 0.399 e. The summed E-state index contributed by atoms with van der Waals surface area (Å²) in [5.41, 5.74) is 6.31. The Hall–Kier alpha value is -1.14. The number of rotatable bonds is 5. The third-order valence-electron chi connectivity index (χ3n) is 2.38. The molecule has 16 heavy (non-hydrogen) atoms. The predicted octanol–water partition coefficient (Wildman–Crippen LogP) is 3.69. The molecule has 0 heterocycles. The van der Waals surface area contributed by atoms with Gasteiger partial charge in [0.15, 0.2) is 0 Å². The van der Waals surface area contributed by atoms with Gasteiger partial charge in [0.1, 0.15) is 0 Å². The van der Waals surface area contributed by atoms with E-state index in [9.17, 15) is 0 Å². The van der Waals surface area contributed by atoms with E-state index in [0.717, 1.165) is 24.3 Å². The van der Waals surface area contributed by atoms with Gasteiger partial charge in [-0.15, -0.1) is 11.8 Å². The molecule has 0 saturated heterocycles. The molecule has 0 aliphatic carbocycles. The lowest BCUT2D eigenvalue weighted by molar-refractivity contribution is 0.448. The molecule has 2 N–H and O–H groups in total. The summed E-state index contributed by atoms with van der Waals surface area (Å²) in [4.78, 5) is 1.20. The molecule has 1 aromatic carbocycles. The first kappa shape index (κ1) is 12.9. The Morgan fingerprint density at radius 3 is 2.81 bits per heavy atom. The number of nitrogens with zero attached hydrogens (tertiary/aromatic N) is 1. The summed E-state index contributed by atoms with van der Waals surface area (Å²) in [7, 11) is 0. The van der Waals surface area contributed by atoms with Gasteiger partial charge in [0.05, 0.1) is 11.5 Å². The van der Waals surface area contributed by atoms with Crippen LogP contribution in [0.4, 0.5) is 5.69 Å². The molecule has 0 fully saturated rings. The van der Waals surface area contributed by atoms with Crippen molar-refractivity contribution < 1.29 is 0 Å². The highest BCUT2D eigenvalue weighted by atomic mass is 32.2. The molecule has 0 aromatic heterocycles. The van der Waals surface area contributed by atoms with Crippen LogP contribution in [0.3, 0.4) is 0 Å². The molecule has 0 unspecified atom stereocenters. The van der Waals surface area contributed by atoms with Crippen LogP contribution in [0.1, 0.15) is 26.7 Å². The zero-order chi connectivity index (χ0) is 12.0. The van der Waals surface area contributed by atoms with Crippen molar-refractivity contribution in [2.24, 2.45) is 5.41 Å². The summed E-state index contributed by atoms with van der Waals surface area (Å²) in [5, 5.41) is 8.87. The van der Waals surface area contributed by atoms with Gasteiger partial charge in [0.2, 0.25) is 0 Å². The summed E-state index contributed by atoms with van der Waals surface area (Å²) in [5.74, 6) is 1.04. The summed E-state index contributed by atoms with van der Waals surface area (Å²) in [6, 6.07) is 10.2. The molecule has 3 heteroatoms. The minimum Gasteiger partial charge on any atom is -0.399 e. The van der Waals surface area contributed by atoms with Gasteiger partial charge in [-0.05, 0) is 50.6 Å². The number of benzene rings is 1. The zero-order valence-electron chi connectivity index (χ0n) is 9.86. The van der Waals surface area contributed by atoms with Gasteiger partial charge >= 0.3 is 0 Å². The minimum atomic E-state index is -0.198. The van der Waals surface area contributed by atoms with Crippen molar-refractivity contribution in [3.63, 3.8) is 0 Å². The average molecular weight is 234 g/mol. The fourth-order valence-corrected chi connectivity index (χ4v) is 2.28. The quantitative estimate of drug-likeness (QED) is 0.480. The summed E-state index contributed by atoms with van der Waals surface area (Å²) in [6.45, 7) is 3.97. The number of hydrogen-bond acceptors (Lipinski definition) is 3. The van der Waals surface area contributed by atoms with Crippen LogP contribution in [0.15, 0.2) is 29.2 Å². The SMILES string of the molecule is CC(C)(C#N)CCCSc1cccc(N)c1. The van der Waals surface area contributed by atoms with Gasteiger partial charge < -0.3 is 5.73 Å². The number of thioether (sulfide) groups is 1. The Labute approximate surface area is 102 Å². The fraction of sp³-hybridized carbons (Fsp3) is 0.462. The van der Waals surface area contributed by atoms with Gasteiger partial charge in [-0.25, -0.2) is 0 Å². The molecule has 0 radical (unpaired) electrons. The lowest BCUT2D eigenvalue weighted by Crippen LogP contribution is -2.07. The summed E-state index contributed by atoms with van der Waals surface area (Å²) < 4.78 is 0. The van der Waals surface area contributed by atoms with E-state index in [1.807, 2.05) is 32.0 Å². The average Bonchev–Trinajstić information content (AvgIpc) is 2.25. The molecule has 0 aliphatic rings. The molecule has 86 valence electrons. The molecule has 1 rings (SSSR count). The van der Waals surface area contributed by atoms with Crippen LogP contribution in [-0.4, -0.2) is 5.75 Å². The maximum absolute atomic E-state index is 8.87. The van der Waals surface area contributed by atoms with E-state index in [0.29, 0.717) is 0 Å². The van der Waals surface area contributed by atoms with Crippen molar-refractivity contribution in [3.8, 4) is 6.07 Å². The number of nitriles is 1. The summed E-state index contributed by atoms with van der Waals surface area (Å²) in [6.07, 6.45) is 2.00. The molecular formula is C13H18N2S. The second-order valence-corrected chi connectivity index (χ2v) is 5.69. The normalized spacial score (nSPS) is 11.1. The van der Waals surface area contributed by atoms with Crippen LogP contribution < -0.4 is 5.73 Å². The first-order valence-electron chi connectivity index (χ1n) is 5.43. The Balaban J connectivity index is 2.29. The third kappa shape index (κ3) is 4.59. The first-order valence-corrected chi connectivity index (χ1v) is 6.42. The van der Waals surface area contributed by atoms with Gasteiger partial charge in [0, 0.05) is 10.6 Å². The Morgan fingerprint density at radius 2 is 2.19 bits per heavy atom. The predicted molar refractivity (Wildman–Crippen MR) is 70.2 cm³/mol. The number of nitrogen functional groups attached to an aromatic ring is 1. The Morgan fingerprint density at radius 1 is 1.44 bits per heavy atom. The maximum atomic E-state index is 8.87. The molecule has 0 saturated carbocycles. The smallest absolute Gasteiger partial charge is 0.0683 e. The number of nitrogens with two attached hydrogens (primary N) is 1. The molecule has 2 nitrogen and oxygen atoms in total. The molecular weight excluding hydrogens is 216 g/mol. The zero-order valence-corrected chi connectivity index (χ0v) is 10.7. The highest BCUT2D eigenvalue weighted by Crippen LogP contribution is 2.25. The van der Waals surface area contributed by atoms with Gasteiger partial charge in [-0.3, -0.25) is 0 Å². The second-order valence-electron chi connectivity index (χ2n) is 4.52. The van der Waals surface area contributed by atoms with Gasteiger partial charge in [0.25, 0.3) is 0 Å². The van der Waals surface area contributed by atoms with Crippen LogP contribution in [-0.2, 0) is 0 Å². The monoisotopic (exact) mass is 234 g/mol. The fourth-order valence-electron chi connectivity index (χ4n) is 1.36. The van der Waals surface area contributed by atoms with Crippen LogP contribution in [0.25, 0.3) is 0 Å². The van der Waals surface area contributed by atoms with Crippen molar-refractivity contribution in [2.75, 3.05) is 11.5 Å². The Kier molecular flexibility index (Phi) is 4.70. The third-order valence-corrected chi connectivity index (χ3v) is 3.46. The van der Waals surface area contributed by atoms with Crippen molar-refractivity contribution in [1.82, 2.24) is 0 Å². The molecule has 0 spiro atoms. The first-order chi connectivity index (χ1) is 7.53. The van der Waals surface area contributed by atoms with Crippen molar-refractivity contribution in [1.29, 1.82) is 5.26 Å². The van der Waals surface area contributed by atoms with Gasteiger partial charge in [-0.2, -0.15) is 5.26 Å².